The van der Waals surface area contributed by atoms with Crippen LogP contribution in [0.25, 0.3) is 22.5 Å². The number of nitrogens with zero attached hydrogens (tertiary/aromatic N) is 4. The fraction of sp³-hybridized carbons (Fsp3) is 0.286. The lowest BCUT2D eigenvalue weighted by atomic mass is 10.0. The van der Waals surface area contributed by atoms with Gasteiger partial charge in [0.05, 0.1) is 17.8 Å². The number of aromatic nitrogens is 1. The molecule has 1 aromatic heterocycles. The molecule has 6 rings (SSSR count). The molecule has 42 heavy (non-hydrogen) atoms. The Hall–Kier alpha value is -4.00. The molecule has 2 aliphatic rings. The maximum absolute atomic E-state index is 13.8. The molecule has 0 radical (unpaired) electrons. The first-order chi connectivity index (χ1) is 20.5. The first-order valence-corrected chi connectivity index (χ1v) is 15.1. The largest absolute Gasteiger partial charge is 0.342 e. The van der Waals surface area contributed by atoms with Gasteiger partial charge in [-0.1, -0.05) is 84.4 Å². The normalized spacial score (nSPS) is 16.4. The van der Waals surface area contributed by atoms with Gasteiger partial charge in [-0.2, -0.15) is 0 Å². The molecular weight excluding hydrogens is 544 g/mol. The first kappa shape index (κ1) is 28.1. The number of carbonyl (C=O) groups excluding carboxylic acids is 2. The van der Waals surface area contributed by atoms with Gasteiger partial charge in [-0.3, -0.25) is 14.5 Å². The van der Waals surface area contributed by atoms with E-state index in [9.17, 15) is 9.59 Å². The highest BCUT2D eigenvalue weighted by Gasteiger charge is 2.30. The summed E-state index contributed by atoms with van der Waals surface area (Å²) >= 11 is 5.98. The number of carbonyl (C=O) groups is 2. The number of piperidine rings is 1. The predicted molar refractivity (Wildman–Crippen MR) is 167 cm³/mol. The number of hydrogen-bond donors (Lipinski definition) is 0. The summed E-state index contributed by atoms with van der Waals surface area (Å²) in [6.07, 6.45) is 2.34. The summed E-state index contributed by atoms with van der Waals surface area (Å²) in [5.41, 5.74) is 5.25. The van der Waals surface area contributed by atoms with Crippen LogP contribution in [-0.4, -0.2) is 76.8 Å². The standard InChI is InChI=1S/C35H35ClN4O2/c36-30-13-11-26(12-14-30)23-34(41)39-17-15-31(16-18-39)38-19-21-40(22-20-38)35(42)29-24-32(27-7-3-1-4-8-27)37-33(25-29)28-9-5-2-6-10-28/h1-14,24-25,31H,15-23H2. The summed E-state index contributed by atoms with van der Waals surface area (Å²) in [6, 6.07) is 31.9. The maximum Gasteiger partial charge on any atom is 0.254 e. The van der Waals surface area contributed by atoms with Gasteiger partial charge in [0.2, 0.25) is 5.91 Å². The molecule has 2 fully saturated rings. The molecule has 0 spiro atoms. The van der Waals surface area contributed by atoms with Crippen LogP contribution in [-0.2, 0) is 11.2 Å². The quantitative estimate of drug-likeness (QED) is 0.279. The molecule has 3 aromatic carbocycles. The molecule has 0 N–H and O–H groups in total. The highest BCUT2D eigenvalue weighted by Crippen LogP contribution is 2.26. The third-order valence-corrected chi connectivity index (χ3v) is 8.67. The van der Waals surface area contributed by atoms with Crippen molar-refractivity contribution in [3.8, 4) is 22.5 Å². The van der Waals surface area contributed by atoms with Crippen molar-refractivity contribution in [1.29, 1.82) is 0 Å². The Labute approximate surface area is 252 Å². The zero-order valence-corrected chi connectivity index (χ0v) is 24.4. The lowest BCUT2D eigenvalue weighted by molar-refractivity contribution is -0.132. The van der Waals surface area contributed by atoms with Gasteiger partial charge in [0.25, 0.3) is 5.91 Å². The molecule has 3 heterocycles. The average molecular weight is 579 g/mol. The van der Waals surface area contributed by atoms with E-state index < -0.39 is 0 Å². The van der Waals surface area contributed by atoms with Gasteiger partial charge in [-0.15, -0.1) is 0 Å². The molecule has 0 atom stereocenters. The number of likely N-dealkylation sites (tertiary alicyclic amines) is 1. The number of rotatable bonds is 6. The summed E-state index contributed by atoms with van der Waals surface area (Å²) in [4.78, 5) is 38.0. The smallest absolute Gasteiger partial charge is 0.254 e. The Kier molecular flexibility index (Phi) is 8.63. The van der Waals surface area contributed by atoms with Crippen LogP contribution in [0.2, 0.25) is 5.02 Å². The molecule has 0 saturated carbocycles. The van der Waals surface area contributed by atoms with Gasteiger partial charge in [-0.05, 0) is 42.7 Å². The molecular formula is C35H35ClN4O2. The first-order valence-electron chi connectivity index (χ1n) is 14.7. The summed E-state index contributed by atoms with van der Waals surface area (Å²) < 4.78 is 0. The van der Waals surface area contributed by atoms with Crippen molar-refractivity contribution < 1.29 is 9.59 Å². The van der Waals surface area contributed by atoms with E-state index in [2.05, 4.69) is 4.90 Å². The molecule has 2 amide bonds. The number of amides is 2. The minimum Gasteiger partial charge on any atom is -0.342 e. The zero-order valence-electron chi connectivity index (χ0n) is 23.7. The van der Waals surface area contributed by atoms with Crippen molar-refractivity contribution in [1.82, 2.24) is 19.7 Å². The second-order valence-corrected chi connectivity index (χ2v) is 11.5. The molecule has 2 aliphatic heterocycles. The summed E-state index contributed by atoms with van der Waals surface area (Å²) in [5, 5.41) is 0.684. The number of benzene rings is 3. The molecule has 0 aliphatic carbocycles. The minimum absolute atomic E-state index is 0.0500. The monoisotopic (exact) mass is 578 g/mol. The van der Waals surface area contributed by atoms with Crippen LogP contribution in [0.3, 0.4) is 0 Å². The van der Waals surface area contributed by atoms with Gasteiger partial charge in [0.15, 0.2) is 0 Å². The van der Waals surface area contributed by atoms with Crippen molar-refractivity contribution in [2.45, 2.75) is 25.3 Å². The lowest BCUT2D eigenvalue weighted by Crippen LogP contribution is -2.54. The number of pyridine rings is 1. The molecule has 7 heteroatoms. The predicted octanol–water partition coefficient (Wildman–Crippen LogP) is 6.06. The Bertz CT molecular complexity index is 1450. The van der Waals surface area contributed by atoms with E-state index in [0.717, 1.165) is 67.1 Å². The summed E-state index contributed by atoms with van der Waals surface area (Å²) in [5.74, 6) is 0.224. The maximum atomic E-state index is 13.8. The second kappa shape index (κ2) is 12.9. The van der Waals surface area contributed by atoms with Crippen LogP contribution < -0.4 is 0 Å². The molecule has 4 aromatic rings. The fourth-order valence-electron chi connectivity index (χ4n) is 6.01. The van der Waals surface area contributed by atoms with Crippen LogP contribution in [0.4, 0.5) is 0 Å². The topological polar surface area (TPSA) is 56.8 Å². The van der Waals surface area contributed by atoms with Crippen molar-refractivity contribution >= 4 is 23.4 Å². The Morgan fingerprint density at radius 2 is 1.24 bits per heavy atom. The van der Waals surface area contributed by atoms with Crippen LogP contribution in [0, 0.1) is 0 Å². The Morgan fingerprint density at radius 1 is 0.690 bits per heavy atom. The molecule has 214 valence electrons. The van der Waals surface area contributed by atoms with Crippen molar-refractivity contribution in [3.63, 3.8) is 0 Å². The van der Waals surface area contributed by atoms with E-state index in [-0.39, 0.29) is 11.8 Å². The highest BCUT2D eigenvalue weighted by molar-refractivity contribution is 6.30. The van der Waals surface area contributed by atoms with Crippen molar-refractivity contribution in [2.24, 2.45) is 0 Å². The SMILES string of the molecule is O=C(Cc1ccc(Cl)cc1)N1CCC(N2CCN(C(=O)c3cc(-c4ccccc4)nc(-c4ccccc4)c3)CC2)CC1. The molecule has 0 unspecified atom stereocenters. The van der Waals surface area contributed by atoms with E-state index in [1.807, 2.05) is 107 Å². The van der Waals surface area contributed by atoms with Gasteiger partial charge in [0.1, 0.15) is 0 Å². The summed E-state index contributed by atoms with van der Waals surface area (Å²) in [6.45, 7) is 4.63. The van der Waals surface area contributed by atoms with E-state index in [0.29, 0.717) is 36.1 Å². The fourth-order valence-corrected chi connectivity index (χ4v) is 6.14. The number of piperazine rings is 1. The van der Waals surface area contributed by atoms with E-state index in [1.54, 1.807) is 0 Å². The van der Waals surface area contributed by atoms with Crippen LogP contribution in [0.1, 0.15) is 28.8 Å². The van der Waals surface area contributed by atoms with E-state index in [4.69, 9.17) is 16.6 Å². The van der Waals surface area contributed by atoms with Gasteiger partial charge in [0, 0.05) is 67.0 Å². The number of hydrogen-bond acceptors (Lipinski definition) is 4. The third kappa shape index (κ3) is 6.56. The minimum atomic E-state index is 0.0500. The van der Waals surface area contributed by atoms with E-state index >= 15 is 0 Å². The summed E-state index contributed by atoms with van der Waals surface area (Å²) in [7, 11) is 0. The van der Waals surface area contributed by atoms with Gasteiger partial charge < -0.3 is 9.80 Å². The Morgan fingerprint density at radius 3 is 1.79 bits per heavy atom. The van der Waals surface area contributed by atoms with Crippen LogP contribution in [0.15, 0.2) is 97.1 Å². The highest BCUT2D eigenvalue weighted by atomic mass is 35.5. The Balaban J connectivity index is 1.07. The molecule has 6 nitrogen and oxygen atoms in total. The lowest BCUT2D eigenvalue weighted by Gasteiger charge is -2.42. The van der Waals surface area contributed by atoms with Crippen LogP contribution in [0.5, 0.6) is 0 Å². The molecule has 0 bridgehead atoms. The van der Waals surface area contributed by atoms with Gasteiger partial charge in [-0.25, -0.2) is 4.98 Å². The average Bonchev–Trinajstić information content (AvgIpc) is 3.06. The second-order valence-electron chi connectivity index (χ2n) is 11.1. The van der Waals surface area contributed by atoms with Crippen LogP contribution >= 0.6 is 11.6 Å². The van der Waals surface area contributed by atoms with Gasteiger partial charge >= 0.3 is 0 Å². The van der Waals surface area contributed by atoms with E-state index in [1.165, 1.54) is 0 Å². The molecule has 2 saturated heterocycles. The third-order valence-electron chi connectivity index (χ3n) is 8.42. The van der Waals surface area contributed by atoms with Crippen molar-refractivity contribution in [3.05, 3.63) is 113 Å². The zero-order chi connectivity index (χ0) is 28.9. The number of halogens is 1. The van der Waals surface area contributed by atoms with Crippen molar-refractivity contribution in [2.75, 3.05) is 39.3 Å².